The van der Waals surface area contributed by atoms with Gasteiger partial charge in [0.2, 0.25) is 0 Å². The van der Waals surface area contributed by atoms with Gasteiger partial charge in [-0.15, -0.1) is 23.5 Å². The Morgan fingerprint density at radius 2 is 2.07 bits per heavy atom. The SMILES string of the molecule is CCSC1(SCC)CC2CCC2=CC1=O. The van der Waals surface area contributed by atoms with Crippen LogP contribution in [0.5, 0.6) is 0 Å². The van der Waals surface area contributed by atoms with E-state index in [0.717, 1.165) is 23.8 Å². The van der Waals surface area contributed by atoms with E-state index in [1.807, 2.05) is 29.6 Å². The quantitative estimate of drug-likeness (QED) is 0.702. The van der Waals surface area contributed by atoms with Gasteiger partial charge < -0.3 is 0 Å². The van der Waals surface area contributed by atoms with E-state index in [1.165, 1.54) is 18.4 Å². The standard InChI is InChI=1S/C12H18OS2/c1-3-14-12(15-4-2)8-10-6-5-9(10)7-11(12)13/h7,10H,3-6,8H2,1-2H3. The lowest BCUT2D eigenvalue weighted by atomic mass is 9.72. The van der Waals surface area contributed by atoms with Crippen LogP contribution in [0.15, 0.2) is 11.6 Å². The maximum Gasteiger partial charge on any atom is 0.181 e. The minimum absolute atomic E-state index is 0.141. The Hall–Kier alpha value is 0.110. The van der Waals surface area contributed by atoms with Crippen molar-refractivity contribution >= 4 is 29.3 Å². The molecular weight excluding hydrogens is 224 g/mol. The number of carbonyl (C=O) groups is 1. The molecule has 0 spiro atoms. The van der Waals surface area contributed by atoms with Gasteiger partial charge in [-0.25, -0.2) is 0 Å². The maximum atomic E-state index is 12.2. The van der Waals surface area contributed by atoms with E-state index in [9.17, 15) is 4.79 Å². The summed E-state index contributed by atoms with van der Waals surface area (Å²) in [6, 6.07) is 0. The predicted octanol–water partition coefficient (Wildman–Crippen LogP) is 3.50. The van der Waals surface area contributed by atoms with Gasteiger partial charge in [0.1, 0.15) is 4.08 Å². The third-order valence-electron chi connectivity index (χ3n) is 3.27. The summed E-state index contributed by atoms with van der Waals surface area (Å²) in [4.78, 5) is 12.2. The number of rotatable bonds is 4. The molecule has 0 aromatic heterocycles. The molecule has 0 saturated heterocycles. The van der Waals surface area contributed by atoms with Crippen molar-refractivity contribution in [3.05, 3.63) is 11.6 Å². The third kappa shape index (κ3) is 2.01. The lowest BCUT2D eigenvalue weighted by Crippen LogP contribution is -2.40. The Kier molecular flexibility index (Phi) is 3.51. The van der Waals surface area contributed by atoms with E-state index in [4.69, 9.17) is 0 Å². The molecule has 0 N–H and O–H groups in total. The first-order chi connectivity index (χ1) is 7.22. The molecule has 2 aliphatic rings. The van der Waals surface area contributed by atoms with Crippen LogP contribution in [0.25, 0.3) is 0 Å². The summed E-state index contributed by atoms with van der Waals surface area (Å²) in [6.45, 7) is 4.30. The number of thioether (sulfide) groups is 2. The molecule has 1 atom stereocenters. The zero-order valence-electron chi connectivity index (χ0n) is 9.41. The second kappa shape index (κ2) is 4.54. The van der Waals surface area contributed by atoms with Gasteiger partial charge in [0.05, 0.1) is 0 Å². The highest BCUT2D eigenvalue weighted by molar-refractivity contribution is 8.19. The van der Waals surface area contributed by atoms with Crippen molar-refractivity contribution in [2.24, 2.45) is 5.92 Å². The van der Waals surface area contributed by atoms with Gasteiger partial charge in [-0.3, -0.25) is 4.79 Å². The molecule has 0 aromatic carbocycles. The van der Waals surface area contributed by atoms with E-state index in [0.29, 0.717) is 5.78 Å². The van der Waals surface area contributed by atoms with Crippen LogP contribution in [0.4, 0.5) is 0 Å². The van der Waals surface area contributed by atoms with E-state index in [-0.39, 0.29) is 4.08 Å². The lowest BCUT2D eigenvalue weighted by Gasteiger charge is -2.42. The molecule has 3 heteroatoms. The molecule has 1 unspecified atom stereocenters. The van der Waals surface area contributed by atoms with Crippen molar-refractivity contribution in [3.63, 3.8) is 0 Å². The maximum absolute atomic E-state index is 12.2. The summed E-state index contributed by atoms with van der Waals surface area (Å²) in [6.07, 6.45) is 5.49. The van der Waals surface area contributed by atoms with Crippen LogP contribution >= 0.6 is 23.5 Å². The highest BCUT2D eigenvalue weighted by Gasteiger charge is 2.45. The number of hydrogen-bond donors (Lipinski definition) is 0. The molecule has 2 aliphatic carbocycles. The van der Waals surface area contributed by atoms with E-state index in [2.05, 4.69) is 13.8 Å². The highest BCUT2D eigenvalue weighted by Crippen LogP contribution is 2.52. The highest BCUT2D eigenvalue weighted by atomic mass is 32.2. The van der Waals surface area contributed by atoms with Crippen molar-refractivity contribution in [2.45, 2.75) is 37.2 Å². The molecule has 1 nitrogen and oxygen atoms in total. The minimum Gasteiger partial charge on any atom is -0.292 e. The predicted molar refractivity (Wildman–Crippen MR) is 69.4 cm³/mol. The van der Waals surface area contributed by atoms with Crippen LogP contribution in [0.1, 0.15) is 33.1 Å². The van der Waals surface area contributed by atoms with E-state index in [1.54, 1.807) is 0 Å². The second-order valence-corrected chi connectivity index (χ2v) is 7.53. The average Bonchev–Trinajstić information content (AvgIpc) is 2.19. The first-order valence-corrected chi connectivity index (χ1v) is 7.71. The number of hydrogen-bond acceptors (Lipinski definition) is 3. The summed E-state index contributed by atoms with van der Waals surface area (Å²) < 4.78 is -0.141. The Morgan fingerprint density at radius 1 is 1.40 bits per heavy atom. The molecule has 1 saturated carbocycles. The topological polar surface area (TPSA) is 17.1 Å². The van der Waals surface area contributed by atoms with E-state index >= 15 is 0 Å². The fraction of sp³-hybridized carbons (Fsp3) is 0.750. The fourth-order valence-corrected chi connectivity index (χ4v) is 5.42. The average molecular weight is 242 g/mol. The van der Waals surface area contributed by atoms with Crippen LogP contribution in [0.3, 0.4) is 0 Å². The minimum atomic E-state index is -0.141. The number of allylic oxidation sites excluding steroid dienone is 2. The molecule has 0 radical (unpaired) electrons. The van der Waals surface area contributed by atoms with E-state index < -0.39 is 0 Å². The molecule has 0 aromatic rings. The summed E-state index contributed by atoms with van der Waals surface area (Å²) >= 11 is 3.68. The van der Waals surface area contributed by atoms with Crippen molar-refractivity contribution in [1.82, 2.24) is 0 Å². The van der Waals surface area contributed by atoms with Gasteiger partial charge in [-0.2, -0.15) is 0 Å². The first kappa shape index (κ1) is 11.6. The zero-order chi connectivity index (χ0) is 10.9. The van der Waals surface area contributed by atoms with Crippen molar-refractivity contribution in [3.8, 4) is 0 Å². The second-order valence-electron chi connectivity index (χ2n) is 4.14. The van der Waals surface area contributed by atoms with Crippen LogP contribution in [-0.2, 0) is 4.79 Å². The van der Waals surface area contributed by atoms with Crippen LogP contribution < -0.4 is 0 Å². The summed E-state index contributed by atoms with van der Waals surface area (Å²) in [7, 11) is 0. The van der Waals surface area contributed by atoms with Gasteiger partial charge in [-0.1, -0.05) is 19.4 Å². The van der Waals surface area contributed by atoms with Crippen molar-refractivity contribution in [1.29, 1.82) is 0 Å². The fourth-order valence-electron chi connectivity index (χ4n) is 2.41. The van der Waals surface area contributed by atoms with Gasteiger partial charge in [0, 0.05) is 0 Å². The number of fused-ring (bicyclic) bond motifs is 1. The molecule has 0 aliphatic heterocycles. The molecule has 84 valence electrons. The molecule has 15 heavy (non-hydrogen) atoms. The lowest BCUT2D eigenvalue weighted by molar-refractivity contribution is -0.115. The van der Waals surface area contributed by atoms with Gasteiger partial charge in [0.25, 0.3) is 0 Å². The van der Waals surface area contributed by atoms with Crippen molar-refractivity contribution < 1.29 is 4.79 Å². The third-order valence-corrected chi connectivity index (χ3v) is 6.22. The van der Waals surface area contributed by atoms with Gasteiger partial charge in [-0.05, 0) is 42.8 Å². The Morgan fingerprint density at radius 3 is 2.53 bits per heavy atom. The molecular formula is C12H18OS2. The Bertz CT molecular complexity index is 290. The van der Waals surface area contributed by atoms with Crippen LogP contribution in [-0.4, -0.2) is 21.4 Å². The summed E-state index contributed by atoms with van der Waals surface area (Å²) in [5, 5.41) is 0. The Balaban J connectivity index is 2.20. The molecule has 1 fully saturated rings. The normalized spacial score (nSPS) is 28.0. The summed E-state index contributed by atoms with van der Waals surface area (Å²) in [5.41, 5.74) is 1.42. The molecule has 0 amide bonds. The molecule has 2 rings (SSSR count). The largest absolute Gasteiger partial charge is 0.292 e. The smallest absolute Gasteiger partial charge is 0.181 e. The van der Waals surface area contributed by atoms with Crippen LogP contribution in [0.2, 0.25) is 0 Å². The monoisotopic (exact) mass is 242 g/mol. The Labute approximate surface area is 100 Å². The van der Waals surface area contributed by atoms with Crippen molar-refractivity contribution in [2.75, 3.05) is 11.5 Å². The van der Waals surface area contributed by atoms with Crippen LogP contribution in [0, 0.1) is 5.92 Å². The first-order valence-electron chi connectivity index (χ1n) is 5.74. The zero-order valence-corrected chi connectivity index (χ0v) is 11.0. The molecule has 0 heterocycles. The number of carbonyl (C=O) groups excluding carboxylic acids is 1. The van der Waals surface area contributed by atoms with Gasteiger partial charge >= 0.3 is 0 Å². The summed E-state index contributed by atoms with van der Waals surface area (Å²) in [5.74, 6) is 3.16. The van der Waals surface area contributed by atoms with Gasteiger partial charge in [0.15, 0.2) is 5.78 Å². The molecule has 0 bridgehead atoms. The number of ketones is 1.